The van der Waals surface area contributed by atoms with Gasteiger partial charge in [-0.3, -0.25) is 9.52 Å². The smallest absolute Gasteiger partial charge is 0.262 e. The molecule has 1 amide bonds. The van der Waals surface area contributed by atoms with Crippen LogP contribution in [0.2, 0.25) is 5.02 Å². The molecule has 156 valence electrons. The second-order valence-electron chi connectivity index (χ2n) is 6.34. The predicted octanol–water partition coefficient (Wildman–Crippen LogP) is 4.85. The Morgan fingerprint density at radius 3 is 2.50 bits per heavy atom. The molecule has 0 heterocycles. The van der Waals surface area contributed by atoms with Crippen molar-refractivity contribution in [3.63, 3.8) is 0 Å². The van der Waals surface area contributed by atoms with Crippen molar-refractivity contribution in [2.75, 3.05) is 17.1 Å². The van der Waals surface area contributed by atoms with Crippen LogP contribution in [0.5, 0.6) is 5.75 Å². The Bertz CT molecular complexity index is 1200. The molecule has 0 fully saturated rings. The SMILES string of the molecule is COc1ccccc1NS(=O)(=O)c1cc(NC(=O)c2c(F)cccc2Cl)ccc1C. The molecule has 0 aliphatic rings. The first-order valence-corrected chi connectivity index (χ1v) is 10.6. The number of benzene rings is 3. The number of para-hydroxylation sites is 2. The van der Waals surface area contributed by atoms with Crippen LogP contribution in [0, 0.1) is 12.7 Å². The topological polar surface area (TPSA) is 84.5 Å². The number of nitrogens with one attached hydrogen (secondary N) is 2. The maximum absolute atomic E-state index is 14.0. The highest BCUT2D eigenvalue weighted by Gasteiger charge is 2.21. The van der Waals surface area contributed by atoms with E-state index in [4.69, 9.17) is 16.3 Å². The second kappa shape index (κ2) is 8.73. The van der Waals surface area contributed by atoms with Crippen molar-refractivity contribution < 1.29 is 22.3 Å². The molecule has 0 bridgehead atoms. The molecule has 0 aliphatic carbocycles. The number of carbonyl (C=O) groups is 1. The molecule has 0 spiro atoms. The van der Waals surface area contributed by atoms with E-state index in [-0.39, 0.29) is 26.9 Å². The van der Waals surface area contributed by atoms with Crippen molar-refractivity contribution in [3.05, 3.63) is 82.6 Å². The van der Waals surface area contributed by atoms with Gasteiger partial charge < -0.3 is 10.1 Å². The third kappa shape index (κ3) is 4.55. The number of halogens is 2. The molecule has 0 aromatic heterocycles. The largest absolute Gasteiger partial charge is 0.495 e. The second-order valence-corrected chi connectivity index (χ2v) is 8.39. The summed E-state index contributed by atoms with van der Waals surface area (Å²) in [4.78, 5) is 12.4. The van der Waals surface area contributed by atoms with Gasteiger partial charge >= 0.3 is 0 Å². The fourth-order valence-electron chi connectivity index (χ4n) is 2.80. The Labute approximate surface area is 178 Å². The van der Waals surface area contributed by atoms with Crippen LogP contribution >= 0.6 is 11.6 Å². The molecule has 0 saturated carbocycles. The van der Waals surface area contributed by atoms with E-state index in [9.17, 15) is 17.6 Å². The minimum Gasteiger partial charge on any atom is -0.495 e. The summed E-state index contributed by atoms with van der Waals surface area (Å²) in [5, 5.41) is 2.44. The first-order chi connectivity index (χ1) is 14.2. The standard InChI is InChI=1S/C21H18ClFN2O4S/c1-13-10-11-14(24-21(26)20-15(22)6-5-7-16(20)23)12-19(13)30(27,28)25-17-8-3-4-9-18(17)29-2/h3-12,25H,1-2H3,(H,24,26). The van der Waals surface area contributed by atoms with Crippen molar-refractivity contribution in [2.45, 2.75) is 11.8 Å². The van der Waals surface area contributed by atoms with Gasteiger partial charge in [0.05, 0.1) is 28.3 Å². The lowest BCUT2D eigenvalue weighted by molar-refractivity contribution is 0.102. The summed E-state index contributed by atoms with van der Waals surface area (Å²) in [6.07, 6.45) is 0. The average molecular weight is 449 g/mol. The van der Waals surface area contributed by atoms with E-state index >= 15 is 0 Å². The molecular formula is C21H18ClFN2O4S. The number of aryl methyl sites for hydroxylation is 1. The van der Waals surface area contributed by atoms with Crippen molar-refractivity contribution in [2.24, 2.45) is 0 Å². The van der Waals surface area contributed by atoms with E-state index in [0.717, 1.165) is 6.07 Å². The fourth-order valence-corrected chi connectivity index (χ4v) is 4.40. The molecule has 0 radical (unpaired) electrons. The zero-order chi connectivity index (χ0) is 21.9. The van der Waals surface area contributed by atoms with Gasteiger partial charge in [0.2, 0.25) is 0 Å². The highest BCUT2D eigenvalue weighted by atomic mass is 35.5. The first-order valence-electron chi connectivity index (χ1n) is 8.75. The minimum absolute atomic E-state index is 0.0502. The van der Waals surface area contributed by atoms with E-state index in [0.29, 0.717) is 11.3 Å². The molecule has 3 rings (SSSR count). The Morgan fingerprint density at radius 2 is 1.80 bits per heavy atom. The van der Waals surface area contributed by atoms with Gasteiger partial charge in [0.25, 0.3) is 15.9 Å². The van der Waals surface area contributed by atoms with Gasteiger partial charge in [-0.05, 0) is 48.9 Å². The van der Waals surface area contributed by atoms with Crippen molar-refractivity contribution in [1.82, 2.24) is 0 Å². The van der Waals surface area contributed by atoms with E-state index in [1.54, 1.807) is 31.2 Å². The summed E-state index contributed by atoms with van der Waals surface area (Å²) in [6, 6.07) is 14.8. The zero-order valence-electron chi connectivity index (χ0n) is 16.1. The highest BCUT2D eigenvalue weighted by molar-refractivity contribution is 7.92. The maximum atomic E-state index is 14.0. The number of hydrogen-bond acceptors (Lipinski definition) is 4. The quantitative estimate of drug-likeness (QED) is 0.564. The number of carbonyl (C=O) groups excluding carboxylic acids is 1. The van der Waals surface area contributed by atoms with Gasteiger partial charge in [0, 0.05) is 5.69 Å². The summed E-state index contributed by atoms with van der Waals surface area (Å²) in [5.74, 6) is -1.21. The van der Waals surface area contributed by atoms with Crippen LogP contribution < -0.4 is 14.8 Å². The van der Waals surface area contributed by atoms with Crippen LogP contribution in [0.15, 0.2) is 65.6 Å². The number of sulfonamides is 1. The number of amides is 1. The summed E-state index contributed by atoms with van der Waals surface area (Å²) < 4.78 is 47.5. The normalized spacial score (nSPS) is 11.1. The highest BCUT2D eigenvalue weighted by Crippen LogP contribution is 2.29. The van der Waals surface area contributed by atoms with Gasteiger partial charge in [0.1, 0.15) is 11.6 Å². The third-order valence-corrected chi connectivity index (χ3v) is 6.10. The average Bonchev–Trinajstić information content (AvgIpc) is 2.69. The Kier molecular flexibility index (Phi) is 6.28. The Balaban J connectivity index is 1.92. The number of methoxy groups -OCH3 is 1. The number of rotatable bonds is 6. The first kappa shape index (κ1) is 21.6. The van der Waals surface area contributed by atoms with Crippen molar-refractivity contribution in [1.29, 1.82) is 0 Å². The summed E-state index contributed by atoms with van der Waals surface area (Å²) in [7, 11) is -2.56. The molecule has 3 aromatic carbocycles. The van der Waals surface area contributed by atoms with Gasteiger partial charge in [-0.1, -0.05) is 35.9 Å². The van der Waals surface area contributed by atoms with Crippen molar-refractivity contribution >= 4 is 38.9 Å². The van der Waals surface area contributed by atoms with E-state index in [1.807, 2.05) is 0 Å². The monoisotopic (exact) mass is 448 g/mol. The summed E-state index contributed by atoms with van der Waals surface area (Å²) in [5.41, 5.74) is 0.577. The lowest BCUT2D eigenvalue weighted by Gasteiger charge is -2.14. The number of anilines is 2. The van der Waals surface area contributed by atoms with E-state index < -0.39 is 21.7 Å². The van der Waals surface area contributed by atoms with Gasteiger partial charge in [-0.15, -0.1) is 0 Å². The Morgan fingerprint density at radius 1 is 1.07 bits per heavy atom. The van der Waals surface area contributed by atoms with Crippen LogP contribution in [0.1, 0.15) is 15.9 Å². The lowest BCUT2D eigenvalue weighted by Crippen LogP contribution is -2.17. The molecule has 0 atom stereocenters. The lowest BCUT2D eigenvalue weighted by atomic mass is 10.1. The molecule has 2 N–H and O–H groups in total. The predicted molar refractivity (Wildman–Crippen MR) is 114 cm³/mol. The fraction of sp³-hybridized carbons (Fsp3) is 0.0952. The molecular weight excluding hydrogens is 431 g/mol. The maximum Gasteiger partial charge on any atom is 0.262 e. The molecule has 30 heavy (non-hydrogen) atoms. The molecule has 0 unspecified atom stereocenters. The number of hydrogen-bond donors (Lipinski definition) is 2. The summed E-state index contributed by atoms with van der Waals surface area (Å²) in [6.45, 7) is 1.62. The molecule has 3 aromatic rings. The van der Waals surface area contributed by atoms with Crippen LogP contribution in [-0.4, -0.2) is 21.4 Å². The van der Waals surface area contributed by atoms with Crippen LogP contribution in [-0.2, 0) is 10.0 Å². The molecule has 0 aliphatic heterocycles. The zero-order valence-corrected chi connectivity index (χ0v) is 17.6. The molecule has 9 heteroatoms. The van der Waals surface area contributed by atoms with Crippen LogP contribution in [0.25, 0.3) is 0 Å². The van der Waals surface area contributed by atoms with Gasteiger partial charge in [0.15, 0.2) is 0 Å². The Hall–Kier alpha value is -3.10. The number of ether oxygens (including phenoxy) is 1. The third-order valence-electron chi connectivity index (χ3n) is 4.28. The van der Waals surface area contributed by atoms with Gasteiger partial charge in [-0.25, -0.2) is 12.8 Å². The van der Waals surface area contributed by atoms with Crippen LogP contribution in [0.3, 0.4) is 0 Å². The molecule has 6 nitrogen and oxygen atoms in total. The van der Waals surface area contributed by atoms with E-state index in [2.05, 4.69) is 10.0 Å². The van der Waals surface area contributed by atoms with Gasteiger partial charge in [-0.2, -0.15) is 0 Å². The van der Waals surface area contributed by atoms with Crippen LogP contribution in [0.4, 0.5) is 15.8 Å². The van der Waals surface area contributed by atoms with E-state index in [1.165, 1.54) is 37.4 Å². The summed E-state index contributed by atoms with van der Waals surface area (Å²) >= 11 is 5.92. The van der Waals surface area contributed by atoms with Crippen molar-refractivity contribution in [3.8, 4) is 5.75 Å². The molecule has 0 saturated heterocycles. The minimum atomic E-state index is -4.00.